The van der Waals surface area contributed by atoms with E-state index in [1.165, 1.54) is 6.92 Å². The molecule has 0 saturated heterocycles. The van der Waals surface area contributed by atoms with Crippen LogP contribution in [0.2, 0.25) is 0 Å². The molecule has 0 aliphatic rings. The van der Waals surface area contributed by atoms with Crippen LogP contribution in [0.25, 0.3) is 0 Å². The van der Waals surface area contributed by atoms with Crippen molar-refractivity contribution in [3.05, 3.63) is 16.0 Å². The van der Waals surface area contributed by atoms with Gasteiger partial charge in [-0.05, 0) is 19.4 Å². The summed E-state index contributed by atoms with van der Waals surface area (Å²) in [7, 11) is -3.99. The van der Waals surface area contributed by atoms with Crippen LogP contribution >= 0.6 is 11.3 Å². The van der Waals surface area contributed by atoms with Crippen molar-refractivity contribution in [3.63, 3.8) is 0 Å². The van der Waals surface area contributed by atoms with E-state index in [4.69, 9.17) is 15.1 Å². The van der Waals surface area contributed by atoms with Gasteiger partial charge in [0.05, 0.1) is 12.2 Å². The van der Waals surface area contributed by atoms with Crippen LogP contribution < -0.4 is 9.86 Å². The van der Waals surface area contributed by atoms with Crippen LogP contribution in [-0.2, 0) is 14.9 Å². The van der Waals surface area contributed by atoms with Crippen LogP contribution in [0.1, 0.15) is 27.7 Å². The molecule has 18 heavy (non-hydrogen) atoms. The number of nitrogens with one attached hydrogen (secondary N) is 1. The van der Waals surface area contributed by atoms with Gasteiger partial charge in [0.15, 0.2) is 0 Å². The van der Waals surface area contributed by atoms with Gasteiger partial charge in [-0.2, -0.15) is 13.7 Å². The lowest BCUT2D eigenvalue weighted by molar-refractivity contribution is 0.0531. The first-order chi connectivity index (χ1) is 8.30. The van der Waals surface area contributed by atoms with Gasteiger partial charge in [-0.1, -0.05) is 0 Å². The standard InChI is InChI=1S/C9H11N3O4S2/c1-3-16-9(13)7-5(2)6(4-10)8(17-7)12-18(11,14)15/h12H,3H2,1-2H3,(H2,11,14,15). The number of ether oxygens (including phenoxy) is 1. The second-order valence-corrected chi connectivity index (χ2v) is 5.55. The quantitative estimate of drug-likeness (QED) is 0.791. The molecule has 0 saturated carbocycles. The molecular weight excluding hydrogens is 278 g/mol. The number of hydrogen-bond acceptors (Lipinski definition) is 6. The average Bonchev–Trinajstić information content (AvgIpc) is 2.53. The molecule has 0 unspecified atom stereocenters. The zero-order chi connectivity index (χ0) is 13.9. The molecule has 7 nitrogen and oxygen atoms in total. The molecule has 0 radical (unpaired) electrons. The monoisotopic (exact) mass is 289 g/mol. The highest BCUT2D eigenvalue weighted by atomic mass is 32.2. The van der Waals surface area contributed by atoms with E-state index in [0.29, 0.717) is 5.56 Å². The average molecular weight is 289 g/mol. The predicted molar refractivity (Wildman–Crippen MR) is 66.5 cm³/mol. The lowest BCUT2D eigenvalue weighted by Crippen LogP contribution is -2.21. The normalized spacial score (nSPS) is 10.8. The fourth-order valence-electron chi connectivity index (χ4n) is 1.24. The van der Waals surface area contributed by atoms with Gasteiger partial charge in [0.1, 0.15) is 15.9 Å². The number of anilines is 1. The van der Waals surface area contributed by atoms with Gasteiger partial charge < -0.3 is 4.74 Å². The molecule has 0 fully saturated rings. The molecule has 0 spiro atoms. The van der Waals surface area contributed by atoms with Crippen molar-refractivity contribution in [2.45, 2.75) is 13.8 Å². The minimum absolute atomic E-state index is 0.0144. The van der Waals surface area contributed by atoms with Crippen LogP contribution in [0.4, 0.5) is 5.00 Å². The van der Waals surface area contributed by atoms with E-state index >= 15 is 0 Å². The Labute approximate surface area is 108 Å². The van der Waals surface area contributed by atoms with Crippen molar-refractivity contribution >= 4 is 32.5 Å². The molecule has 9 heteroatoms. The summed E-state index contributed by atoms with van der Waals surface area (Å²) in [6.07, 6.45) is 0. The third kappa shape index (κ3) is 3.19. The molecule has 1 heterocycles. The van der Waals surface area contributed by atoms with Gasteiger partial charge in [-0.15, -0.1) is 11.3 Å². The Hall–Kier alpha value is -1.63. The molecule has 1 aromatic rings. The number of rotatable bonds is 4. The summed E-state index contributed by atoms with van der Waals surface area (Å²) < 4.78 is 28.7. The number of hydrogen-bond donors (Lipinski definition) is 2. The summed E-state index contributed by atoms with van der Waals surface area (Å²) in [5.74, 6) is -0.598. The molecule has 1 rings (SSSR count). The number of nitrogens with zero attached hydrogens (tertiary/aromatic N) is 1. The van der Waals surface area contributed by atoms with Gasteiger partial charge in [-0.3, -0.25) is 4.72 Å². The zero-order valence-electron chi connectivity index (χ0n) is 9.68. The van der Waals surface area contributed by atoms with E-state index in [1.54, 1.807) is 6.92 Å². The maximum atomic E-state index is 11.6. The van der Waals surface area contributed by atoms with Gasteiger partial charge >= 0.3 is 5.97 Å². The molecule has 3 N–H and O–H groups in total. The Morgan fingerprint density at radius 1 is 1.61 bits per heavy atom. The number of nitrogens with two attached hydrogens (primary N) is 1. The summed E-state index contributed by atoms with van der Waals surface area (Å²) in [6.45, 7) is 3.38. The van der Waals surface area contributed by atoms with E-state index in [1.807, 2.05) is 10.8 Å². The molecule has 0 aromatic carbocycles. The summed E-state index contributed by atoms with van der Waals surface area (Å²) in [6, 6.07) is 1.82. The van der Waals surface area contributed by atoms with E-state index in [9.17, 15) is 13.2 Å². The number of nitriles is 1. The molecule has 0 bridgehead atoms. The van der Waals surface area contributed by atoms with Crippen molar-refractivity contribution < 1.29 is 17.9 Å². The van der Waals surface area contributed by atoms with Crippen molar-refractivity contribution in [1.82, 2.24) is 0 Å². The Bertz CT molecular complexity index is 612. The molecule has 98 valence electrons. The number of carbonyl (C=O) groups excluding carboxylic acids is 1. The maximum Gasteiger partial charge on any atom is 0.348 e. The van der Waals surface area contributed by atoms with E-state index < -0.39 is 16.2 Å². The van der Waals surface area contributed by atoms with Gasteiger partial charge in [0.25, 0.3) is 10.2 Å². The highest BCUT2D eigenvalue weighted by Crippen LogP contribution is 2.33. The molecule has 0 amide bonds. The van der Waals surface area contributed by atoms with Gasteiger partial charge in [0, 0.05) is 0 Å². The maximum absolute atomic E-state index is 11.6. The van der Waals surface area contributed by atoms with Crippen molar-refractivity contribution in [2.24, 2.45) is 5.14 Å². The molecule has 0 aliphatic heterocycles. The van der Waals surface area contributed by atoms with Crippen LogP contribution in [0, 0.1) is 18.3 Å². The summed E-state index contributed by atoms with van der Waals surface area (Å²) in [5.41, 5.74) is 0.434. The Morgan fingerprint density at radius 2 is 2.22 bits per heavy atom. The van der Waals surface area contributed by atoms with Crippen LogP contribution in [0.5, 0.6) is 0 Å². The van der Waals surface area contributed by atoms with Crippen LogP contribution in [0.3, 0.4) is 0 Å². The minimum Gasteiger partial charge on any atom is -0.462 e. The lowest BCUT2D eigenvalue weighted by Gasteiger charge is -1.99. The summed E-state index contributed by atoms with van der Waals surface area (Å²) in [4.78, 5) is 11.8. The predicted octanol–water partition coefficient (Wildman–Crippen LogP) is 0.720. The first-order valence-corrected chi connectivity index (χ1v) is 7.17. The highest BCUT2D eigenvalue weighted by molar-refractivity contribution is 7.90. The summed E-state index contributed by atoms with van der Waals surface area (Å²) in [5, 5.41) is 13.8. The van der Waals surface area contributed by atoms with E-state index in [0.717, 1.165) is 11.3 Å². The first-order valence-electron chi connectivity index (χ1n) is 4.81. The van der Waals surface area contributed by atoms with Crippen LogP contribution in [0.15, 0.2) is 0 Å². The van der Waals surface area contributed by atoms with Crippen molar-refractivity contribution in [2.75, 3.05) is 11.3 Å². The van der Waals surface area contributed by atoms with Gasteiger partial charge in [-0.25, -0.2) is 9.93 Å². The Balaban J connectivity index is 3.26. The SMILES string of the molecule is CCOC(=O)c1sc(NS(N)(=O)=O)c(C#N)c1C. The second kappa shape index (κ2) is 5.34. The van der Waals surface area contributed by atoms with E-state index in [-0.39, 0.29) is 22.0 Å². The van der Waals surface area contributed by atoms with Gasteiger partial charge in [0.2, 0.25) is 0 Å². The fraction of sp³-hybridized carbons (Fsp3) is 0.333. The van der Waals surface area contributed by atoms with Crippen molar-refractivity contribution in [1.29, 1.82) is 5.26 Å². The largest absolute Gasteiger partial charge is 0.462 e. The second-order valence-electron chi connectivity index (χ2n) is 3.24. The molecule has 0 aliphatic carbocycles. The lowest BCUT2D eigenvalue weighted by atomic mass is 10.2. The first kappa shape index (κ1) is 14.4. The fourth-order valence-corrected chi connectivity index (χ4v) is 3.02. The third-order valence-electron chi connectivity index (χ3n) is 1.95. The zero-order valence-corrected chi connectivity index (χ0v) is 11.3. The molecule has 0 atom stereocenters. The Kier molecular flexibility index (Phi) is 4.28. The molecule has 1 aromatic heterocycles. The number of carbonyl (C=O) groups is 1. The molecular formula is C9H11N3O4S2. The third-order valence-corrected chi connectivity index (χ3v) is 3.76. The highest BCUT2D eigenvalue weighted by Gasteiger charge is 2.22. The summed E-state index contributed by atoms with van der Waals surface area (Å²) >= 11 is 0.818. The van der Waals surface area contributed by atoms with Crippen LogP contribution in [-0.4, -0.2) is 21.0 Å². The number of esters is 1. The number of thiophene rings is 1. The topological polar surface area (TPSA) is 122 Å². The Morgan fingerprint density at radius 3 is 2.67 bits per heavy atom. The van der Waals surface area contributed by atoms with Crippen molar-refractivity contribution in [3.8, 4) is 6.07 Å². The smallest absolute Gasteiger partial charge is 0.348 e. The minimum atomic E-state index is -3.99. The van der Waals surface area contributed by atoms with E-state index in [2.05, 4.69) is 0 Å².